The van der Waals surface area contributed by atoms with Gasteiger partial charge in [-0.25, -0.2) is 0 Å². The minimum Gasteiger partial charge on any atom is -0.535 e. The van der Waals surface area contributed by atoms with Gasteiger partial charge in [-0.05, 0) is 47.0 Å². The van der Waals surface area contributed by atoms with Crippen molar-refractivity contribution in [2.75, 3.05) is 6.61 Å². The number of carbonyl (C=O) groups excluding carboxylic acids is 1. The fraction of sp³-hybridized carbons (Fsp3) is 0.933. The van der Waals surface area contributed by atoms with Gasteiger partial charge >= 0.3 is 7.48 Å². The second-order valence-electron chi connectivity index (χ2n) is 6.46. The van der Waals surface area contributed by atoms with Crippen molar-refractivity contribution in [1.29, 1.82) is 0 Å². The van der Waals surface area contributed by atoms with E-state index in [4.69, 9.17) is 9.39 Å². The highest BCUT2D eigenvalue weighted by molar-refractivity contribution is 6.34. The summed E-state index contributed by atoms with van der Waals surface area (Å²) in [6.07, 6.45) is 3.15. The van der Waals surface area contributed by atoms with Crippen LogP contribution in [0.5, 0.6) is 0 Å². The molecule has 1 atom stereocenters. The van der Waals surface area contributed by atoms with E-state index in [9.17, 15) is 9.90 Å². The molecule has 0 fully saturated rings. The lowest BCUT2D eigenvalue weighted by Crippen LogP contribution is -2.38. The summed E-state index contributed by atoms with van der Waals surface area (Å²) >= 11 is 0. The highest BCUT2D eigenvalue weighted by atomic mass is 16.5. The Morgan fingerprint density at radius 3 is 2.30 bits per heavy atom. The standard InChI is InChI=1S/C15H30BO4/c1-7-9-12(8-2)13(17)20-16-15(5,6)19-11-10-14(3,4)18/h12,18H,7-11H2,1-6H3. The van der Waals surface area contributed by atoms with Gasteiger partial charge in [-0.2, -0.15) is 0 Å². The van der Waals surface area contributed by atoms with Crippen molar-refractivity contribution < 1.29 is 19.3 Å². The van der Waals surface area contributed by atoms with E-state index in [1.54, 1.807) is 13.8 Å². The van der Waals surface area contributed by atoms with Crippen LogP contribution in [0.15, 0.2) is 0 Å². The normalized spacial score (nSPS) is 13.9. The lowest BCUT2D eigenvalue weighted by Gasteiger charge is -2.26. The average Bonchev–Trinajstić information content (AvgIpc) is 2.31. The molecule has 0 spiro atoms. The summed E-state index contributed by atoms with van der Waals surface area (Å²) in [7, 11) is 1.46. The van der Waals surface area contributed by atoms with E-state index < -0.39 is 11.1 Å². The summed E-state index contributed by atoms with van der Waals surface area (Å²) in [6.45, 7) is 11.6. The average molecular weight is 285 g/mol. The molecular weight excluding hydrogens is 255 g/mol. The highest BCUT2D eigenvalue weighted by Gasteiger charge is 2.27. The molecule has 1 N–H and O–H groups in total. The van der Waals surface area contributed by atoms with E-state index in [0.717, 1.165) is 19.3 Å². The van der Waals surface area contributed by atoms with Gasteiger partial charge in [-0.15, -0.1) is 0 Å². The zero-order valence-corrected chi connectivity index (χ0v) is 13.9. The van der Waals surface area contributed by atoms with Gasteiger partial charge in [0.25, 0.3) is 5.97 Å². The molecule has 5 heteroatoms. The summed E-state index contributed by atoms with van der Waals surface area (Å²) in [6, 6.07) is 0. The van der Waals surface area contributed by atoms with Crippen LogP contribution in [0, 0.1) is 5.92 Å². The molecule has 0 aliphatic heterocycles. The molecule has 0 amide bonds. The van der Waals surface area contributed by atoms with Crippen molar-refractivity contribution in [3.05, 3.63) is 0 Å². The lowest BCUT2D eigenvalue weighted by atomic mass is 9.77. The molecule has 20 heavy (non-hydrogen) atoms. The Kier molecular flexibility index (Phi) is 8.44. The molecule has 1 unspecified atom stereocenters. The summed E-state index contributed by atoms with van der Waals surface area (Å²) in [5, 5.41) is 9.62. The molecule has 0 aromatic carbocycles. The van der Waals surface area contributed by atoms with Crippen LogP contribution in [-0.4, -0.2) is 36.3 Å². The fourth-order valence-corrected chi connectivity index (χ4v) is 1.73. The van der Waals surface area contributed by atoms with Gasteiger partial charge in [0.15, 0.2) is 0 Å². The molecule has 0 aromatic rings. The first kappa shape index (κ1) is 19.5. The monoisotopic (exact) mass is 285 g/mol. The highest BCUT2D eigenvalue weighted by Crippen LogP contribution is 2.16. The van der Waals surface area contributed by atoms with E-state index in [1.807, 2.05) is 20.8 Å². The Morgan fingerprint density at radius 2 is 1.85 bits per heavy atom. The number of hydrogen-bond acceptors (Lipinski definition) is 4. The van der Waals surface area contributed by atoms with Crippen LogP contribution < -0.4 is 0 Å². The predicted octanol–water partition coefficient (Wildman–Crippen LogP) is 2.89. The van der Waals surface area contributed by atoms with Gasteiger partial charge < -0.3 is 14.5 Å². The van der Waals surface area contributed by atoms with E-state index in [2.05, 4.69) is 6.92 Å². The summed E-state index contributed by atoms with van der Waals surface area (Å²) < 4.78 is 10.9. The van der Waals surface area contributed by atoms with Gasteiger partial charge in [-0.3, -0.25) is 4.79 Å². The number of rotatable bonds is 10. The van der Waals surface area contributed by atoms with E-state index >= 15 is 0 Å². The molecule has 0 aromatic heterocycles. The van der Waals surface area contributed by atoms with Gasteiger partial charge in [0.05, 0.1) is 17.0 Å². The Labute approximate surface area is 124 Å². The van der Waals surface area contributed by atoms with Crippen LogP contribution in [0.1, 0.15) is 67.2 Å². The third kappa shape index (κ3) is 9.37. The molecule has 0 aliphatic carbocycles. The van der Waals surface area contributed by atoms with Gasteiger partial charge in [0.1, 0.15) is 0 Å². The first-order chi connectivity index (χ1) is 9.11. The Balaban J connectivity index is 4.10. The molecule has 0 saturated heterocycles. The predicted molar refractivity (Wildman–Crippen MR) is 81.5 cm³/mol. The van der Waals surface area contributed by atoms with Crippen LogP contribution in [0.3, 0.4) is 0 Å². The number of aliphatic hydroxyl groups is 1. The van der Waals surface area contributed by atoms with Crippen LogP contribution in [0.25, 0.3) is 0 Å². The molecule has 0 bridgehead atoms. The van der Waals surface area contributed by atoms with E-state index in [0.29, 0.717) is 13.0 Å². The second-order valence-corrected chi connectivity index (χ2v) is 6.46. The maximum atomic E-state index is 11.9. The lowest BCUT2D eigenvalue weighted by molar-refractivity contribution is -0.140. The zero-order valence-electron chi connectivity index (χ0n) is 13.9. The molecule has 0 aliphatic rings. The first-order valence-corrected chi connectivity index (χ1v) is 7.52. The van der Waals surface area contributed by atoms with Gasteiger partial charge in [-0.1, -0.05) is 20.3 Å². The minimum absolute atomic E-state index is 0.0385. The summed E-state index contributed by atoms with van der Waals surface area (Å²) in [5.74, 6) is -0.225. The Hall–Kier alpha value is -0.545. The van der Waals surface area contributed by atoms with Crippen molar-refractivity contribution in [1.82, 2.24) is 0 Å². The third-order valence-electron chi connectivity index (χ3n) is 3.11. The summed E-state index contributed by atoms with van der Waals surface area (Å²) in [5.41, 5.74) is -1.40. The Bertz CT molecular complexity index is 284. The van der Waals surface area contributed by atoms with Gasteiger partial charge in [0.2, 0.25) is 0 Å². The third-order valence-corrected chi connectivity index (χ3v) is 3.11. The zero-order chi connectivity index (χ0) is 15.8. The number of carbonyl (C=O) groups is 1. The molecule has 0 rings (SSSR count). The maximum Gasteiger partial charge on any atom is 0.408 e. The smallest absolute Gasteiger partial charge is 0.408 e. The van der Waals surface area contributed by atoms with Gasteiger partial charge in [0, 0.05) is 6.61 Å². The molecule has 117 valence electrons. The van der Waals surface area contributed by atoms with E-state index in [-0.39, 0.29) is 11.9 Å². The number of ether oxygens (including phenoxy) is 1. The molecule has 4 nitrogen and oxygen atoms in total. The van der Waals surface area contributed by atoms with Crippen LogP contribution >= 0.6 is 0 Å². The molecule has 0 saturated carbocycles. The SMILES string of the molecule is CCCC(CC)C(=O)O[B]C(C)(C)OCCC(C)(C)O. The second kappa shape index (κ2) is 8.68. The van der Waals surface area contributed by atoms with E-state index in [1.165, 1.54) is 7.48 Å². The quantitative estimate of drug-likeness (QED) is 0.627. The van der Waals surface area contributed by atoms with Crippen LogP contribution in [0.2, 0.25) is 0 Å². The molecule has 1 radical (unpaired) electrons. The fourth-order valence-electron chi connectivity index (χ4n) is 1.73. The first-order valence-electron chi connectivity index (χ1n) is 7.52. The van der Waals surface area contributed by atoms with Crippen molar-refractivity contribution in [2.45, 2.75) is 78.3 Å². The van der Waals surface area contributed by atoms with Crippen molar-refractivity contribution in [3.63, 3.8) is 0 Å². The summed E-state index contributed by atoms with van der Waals surface area (Å²) in [4.78, 5) is 11.9. The Morgan fingerprint density at radius 1 is 1.25 bits per heavy atom. The van der Waals surface area contributed by atoms with Crippen molar-refractivity contribution in [2.24, 2.45) is 5.92 Å². The number of hydrogen-bond donors (Lipinski definition) is 1. The topological polar surface area (TPSA) is 55.8 Å². The molecular formula is C15H30BO4. The largest absolute Gasteiger partial charge is 0.535 e. The maximum absolute atomic E-state index is 11.9. The molecule has 0 heterocycles. The van der Waals surface area contributed by atoms with Crippen molar-refractivity contribution in [3.8, 4) is 0 Å². The van der Waals surface area contributed by atoms with Crippen molar-refractivity contribution >= 4 is 13.5 Å². The minimum atomic E-state index is -0.749. The van der Waals surface area contributed by atoms with Crippen LogP contribution in [-0.2, 0) is 14.2 Å². The van der Waals surface area contributed by atoms with Crippen LogP contribution in [0.4, 0.5) is 0 Å².